The van der Waals surface area contributed by atoms with Gasteiger partial charge in [-0.05, 0) is 26.2 Å². The van der Waals surface area contributed by atoms with Crippen LogP contribution in [0.25, 0.3) is 0 Å². The molecule has 1 atom stereocenters. The molecule has 0 radical (unpaired) electrons. The minimum absolute atomic E-state index is 0.00824. The molecular weight excluding hydrogens is 260 g/mol. The number of nitrogens with one attached hydrogen (secondary N) is 1. The van der Waals surface area contributed by atoms with Gasteiger partial charge in [0, 0.05) is 26.7 Å². The van der Waals surface area contributed by atoms with Gasteiger partial charge in [0.2, 0.25) is 5.91 Å². The second kappa shape index (κ2) is 6.54. The molecule has 114 valence electrons. The Morgan fingerprint density at radius 3 is 2.70 bits per heavy atom. The molecule has 1 saturated heterocycles. The lowest BCUT2D eigenvalue weighted by Crippen LogP contribution is -2.59. The van der Waals surface area contributed by atoms with E-state index in [2.05, 4.69) is 5.32 Å². The fourth-order valence-corrected chi connectivity index (χ4v) is 2.85. The van der Waals surface area contributed by atoms with Crippen molar-refractivity contribution in [1.82, 2.24) is 10.2 Å². The summed E-state index contributed by atoms with van der Waals surface area (Å²) in [6.07, 6.45) is 3.31. The van der Waals surface area contributed by atoms with E-state index in [-0.39, 0.29) is 17.5 Å². The van der Waals surface area contributed by atoms with Crippen LogP contribution in [0.4, 0.5) is 0 Å². The summed E-state index contributed by atoms with van der Waals surface area (Å²) >= 11 is 0. The number of ether oxygens (including phenoxy) is 2. The third kappa shape index (κ3) is 3.12. The maximum atomic E-state index is 12.5. The normalized spacial score (nSPS) is 24.9. The Labute approximate surface area is 119 Å². The molecule has 0 aromatic carbocycles. The van der Waals surface area contributed by atoms with E-state index in [1.165, 1.54) is 0 Å². The first-order valence-corrected chi connectivity index (χ1v) is 7.34. The van der Waals surface area contributed by atoms with Gasteiger partial charge in [0.25, 0.3) is 0 Å². The molecule has 6 heteroatoms. The number of nitrogens with zero attached hydrogens (tertiary/aromatic N) is 1. The maximum absolute atomic E-state index is 12.5. The molecule has 1 aliphatic carbocycles. The molecule has 1 aliphatic heterocycles. The van der Waals surface area contributed by atoms with Gasteiger partial charge < -0.3 is 19.7 Å². The first kappa shape index (κ1) is 15.3. The van der Waals surface area contributed by atoms with E-state index in [4.69, 9.17) is 9.47 Å². The number of methoxy groups -OCH3 is 1. The lowest BCUT2D eigenvalue weighted by Gasteiger charge is -2.42. The van der Waals surface area contributed by atoms with Crippen LogP contribution in [-0.4, -0.2) is 61.8 Å². The van der Waals surface area contributed by atoms with E-state index in [1.807, 2.05) is 0 Å². The van der Waals surface area contributed by atoms with Crippen molar-refractivity contribution in [3.05, 3.63) is 0 Å². The summed E-state index contributed by atoms with van der Waals surface area (Å²) in [5.74, 6) is -0.334. The minimum Gasteiger partial charge on any atom is -0.464 e. The third-order valence-electron chi connectivity index (χ3n) is 4.29. The van der Waals surface area contributed by atoms with E-state index >= 15 is 0 Å². The first-order chi connectivity index (χ1) is 9.62. The van der Waals surface area contributed by atoms with Crippen molar-refractivity contribution in [3.63, 3.8) is 0 Å². The fraction of sp³-hybridized carbons (Fsp3) is 0.857. The number of hydrogen-bond donors (Lipinski definition) is 1. The molecule has 1 saturated carbocycles. The van der Waals surface area contributed by atoms with Crippen molar-refractivity contribution in [2.75, 3.05) is 33.4 Å². The summed E-state index contributed by atoms with van der Waals surface area (Å²) in [4.78, 5) is 26.1. The van der Waals surface area contributed by atoms with Crippen molar-refractivity contribution in [2.24, 2.45) is 0 Å². The van der Waals surface area contributed by atoms with Crippen LogP contribution < -0.4 is 5.32 Å². The summed E-state index contributed by atoms with van der Waals surface area (Å²) in [5, 5.41) is 3.14. The Hall–Kier alpha value is -1.14. The molecule has 6 nitrogen and oxygen atoms in total. The SMILES string of the molecule is CCOC(=O)C1CNCCN1C(=O)CC1(OC)CCC1. The summed E-state index contributed by atoms with van der Waals surface area (Å²) in [6, 6.07) is -0.509. The molecule has 0 bridgehead atoms. The molecule has 2 aliphatic rings. The second-order valence-corrected chi connectivity index (χ2v) is 5.48. The van der Waals surface area contributed by atoms with Crippen molar-refractivity contribution in [3.8, 4) is 0 Å². The molecule has 0 spiro atoms. The number of rotatable bonds is 5. The van der Waals surface area contributed by atoms with Crippen molar-refractivity contribution < 1.29 is 19.1 Å². The first-order valence-electron chi connectivity index (χ1n) is 7.34. The average molecular weight is 284 g/mol. The van der Waals surface area contributed by atoms with Gasteiger partial charge in [0.1, 0.15) is 6.04 Å². The number of piperazine rings is 1. The van der Waals surface area contributed by atoms with Crippen molar-refractivity contribution in [2.45, 2.75) is 44.2 Å². The van der Waals surface area contributed by atoms with Crippen LogP contribution in [0.2, 0.25) is 0 Å². The van der Waals surface area contributed by atoms with Gasteiger partial charge in [-0.1, -0.05) is 0 Å². The predicted octanol–water partition coefficient (Wildman–Crippen LogP) is 0.309. The summed E-state index contributed by atoms with van der Waals surface area (Å²) < 4.78 is 10.6. The topological polar surface area (TPSA) is 67.9 Å². The van der Waals surface area contributed by atoms with Gasteiger partial charge in [-0.25, -0.2) is 4.79 Å². The lowest BCUT2D eigenvalue weighted by atomic mass is 9.77. The standard InChI is InChI=1S/C14H24N2O4/c1-3-20-13(18)11-10-15-7-8-16(11)12(17)9-14(19-2)5-4-6-14/h11,15H,3-10H2,1-2H3. The Balaban J connectivity index is 1.99. The average Bonchev–Trinajstić information content (AvgIpc) is 2.43. The van der Waals surface area contributed by atoms with E-state index in [9.17, 15) is 9.59 Å². The molecule has 1 heterocycles. The van der Waals surface area contributed by atoms with E-state index in [1.54, 1.807) is 18.9 Å². The molecule has 0 aromatic rings. The van der Waals surface area contributed by atoms with E-state index < -0.39 is 6.04 Å². The Morgan fingerprint density at radius 1 is 1.40 bits per heavy atom. The number of esters is 1. The summed E-state index contributed by atoms with van der Waals surface area (Å²) in [6.45, 7) is 3.82. The van der Waals surface area contributed by atoms with Crippen LogP contribution >= 0.6 is 0 Å². The molecule has 2 rings (SSSR count). The van der Waals surface area contributed by atoms with Crippen LogP contribution in [0.15, 0.2) is 0 Å². The largest absolute Gasteiger partial charge is 0.464 e. The smallest absolute Gasteiger partial charge is 0.330 e. The molecular formula is C14H24N2O4. The molecule has 0 aromatic heterocycles. The predicted molar refractivity (Wildman–Crippen MR) is 73.2 cm³/mol. The Morgan fingerprint density at radius 2 is 2.15 bits per heavy atom. The van der Waals surface area contributed by atoms with E-state index in [0.717, 1.165) is 19.3 Å². The zero-order chi connectivity index (χ0) is 14.6. The third-order valence-corrected chi connectivity index (χ3v) is 4.29. The number of amides is 1. The van der Waals surface area contributed by atoms with Gasteiger partial charge in [0.15, 0.2) is 0 Å². The highest BCUT2D eigenvalue weighted by atomic mass is 16.5. The highest BCUT2D eigenvalue weighted by molar-refractivity contribution is 5.85. The van der Waals surface area contributed by atoms with Crippen LogP contribution in [0.3, 0.4) is 0 Å². The number of carbonyl (C=O) groups is 2. The zero-order valence-electron chi connectivity index (χ0n) is 12.3. The highest BCUT2D eigenvalue weighted by Crippen LogP contribution is 2.38. The molecule has 1 amide bonds. The molecule has 1 unspecified atom stereocenters. The van der Waals surface area contributed by atoms with Crippen LogP contribution in [0, 0.1) is 0 Å². The Kier molecular flexibility index (Phi) is 4.99. The Bertz CT molecular complexity index is 363. The quantitative estimate of drug-likeness (QED) is 0.736. The summed E-state index contributed by atoms with van der Waals surface area (Å²) in [5.41, 5.74) is -0.304. The van der Waals surface area contributed by atoms with Gasteiger partial charge in [-0.15, -0.1) is 0 Å². The summed E-state index contributed by atoms with van der Waals surface area (Å²) in [7, 11) is 1.66. The van der Waals surface area contributed by atoms with Gasteiger partial charge >= 0.3 is 5.97 Å². The van der Waals surface area contributed by atoms with Crippen LogP contribution in [-0.2, 0) is 19.1 Å². The van der Waals surface area contributed by atoms with Crippen molar-refractivity contribution >= 4 is 11.9 Å². The maximum Gasteiger partial charge on any atom is 0.330 e. The van der Waals surface area contributed by atoms with Crippen molar-refractivity contribution in [1.29, 1.82) is 0 Å². The number of hydrogen-bond acceptors (Lipinski definition) is 5. The molecule has 2 fully saturated rings. The number of carbonyl (C=O) groups excluding carboxylic acids is 2. The van der Waals surface area contributed by atoms with E-state index in [0.29, 0.717) is 32.7 Å². The molecule has 1 N–H and O–H groups in total. The van der Waals surface area contributed by atoms with Gasteiger partial charge in [-0.2, -0.15) is 0 Å². The van der Waals surface area contributed by atoms with Crippen LogP contribution in [0.5, 0.6) is 0 Å². The zero-order valence-corrected chi connectivity index (χ0v) is 12.3. The van der Waals surface area contributed by atoms with Crippen LogP contribution in [0.1, 0.15) is 32.6 Å². The minimum atomic E-state index is -0.509. The highest BCUT2D eigenvalue weighted by Gasteiger charge is 2.42. The second-order valence-electron chi connectivity index (χ2n) is 5.48. The monoisotopic (exact) mass is 284 g/mol. The molecule has 20 heavy (non-hydrogen) atoms. The van der Waals surface area contributed by atoms with Gasteiger partial charge in [-0.3, -0.25) is 4.79 Å². The fourth-order valence-electron chi connectivity index (χ4n) is 2.85. The lowest BCUT2D eigenvalue weighted by molar-refractivity contribution is -0.160. The van der Waals surface area contributed by atoms with Gasteiger partial charge in [0.05, 0.1) is 18.6 Å².